The van der Waals surface area contributed by atoms with Gasteiger partial charge in [0.2, 0.25) is 11.8 Å². The lowest BCUT2D eigenvalue weighted by atomic mass is 10.1. The van der Waals surface area contributed by atoms with Crippen LogP contribution < -0.4 is 9.62 Å². The zero-order valence-corrected chi connectivity index (χ0v) is 24.3. The zero-order chi connectivity index (χ0) is 28.0. The number of hydrogen-bond acceptors (Lipinski definition) is 4. The van der Waals surface area contributed by atoms with Gasteiger partial charge in [0.05, 0.1) is 15.6 Å². The average Bonchev–Trinajstić information content (AvgIpc) is 2.88. The minimum atomic E-state index is -4.27. The molecule has 7 nitrogen and oxygen atoms in total. The summed E-state index contributed by atoms with van der Waals surface area (Å²) in [6, 6.07) is 15.8. The highest BCUT2D eigenvalue weighted by molar-refractivity contribution is 7.92. The van der Waals surface area contributed by atoms with Crippen molar-refractivity contribution in [2.45, 2.75) is 31.3 Å². The lowest BCUT2D eigenvalue weighted by Crippen LogP contribution is -2.51. The lowest BCUT2D eigenvalue weighted by molar-refractivity contribution is -0.139. The largest absolute Gasteiger partial charge is 0.355 e. The van der Waals surface area contributed by atoms with E-state index in [1.165, 1.54) is 41.3 Å². The van der Waals surface area contributed by atoms with E-state index in [1.807, 2.05) is 0 Å². The second-order valence-corrected chi connectivity index (χ2v) is 11.8. The number of anilines is 1. The van der Waals surface area contributed by atoms with E-state index in [2.05, 4.69) is 5.32 Å². The highest BCUT2D eigenvalue weighted by atomic mass is 35.5. The van der Waals surface area contributed by atoms with Crippen molar-refractivity contribution in [3.05, 3.63) is 92.4 Å². The highest BCUT2D eigenvalue weighted by Gasteiger charge is 2.33. The van der Waals surface area contributed by atoms with Gasteiger partial charge in [-0.2, -0.15) is 0 Å². The number of likely N-dealkylation sites (N-methyl/N-ethyl adjacent to an activating group) is 1. The number of nitrogens with one attached hydrogen (secondary N) is 1. The van der Waals surface area contributed by atoms with Gasteiger partial charge in [-0.15, -0.1) is 0 Å². The molecule has 3 aromatic rings. The van der Waals surface area contributed by atoms with Crippen molar-refractivity contribution in [1.82, 2.24) is 10.2 Å². The molecule has 0 radical (unpaired) electrons. The molecular weight excluding hydrogens is 592 g/mol. The molecule has 0 aliphatic heterocycles. The van der Waals surface area contributed by atoms with Gasteiger partial charge in [-0.25, -0.2) is 8.42 Å². The number of hydrogen-bond donors (Lipinski definition) is 1. The fourth-order valence-corrected chi connectivity index (χ4v) is 6.00. The summed E-state index contributed by atoms with van der Waals surface area (Å²) in [4.78, 5) is 27.8. The third-order valence-electron chi connectivity index (χ3n) is 5.66. The Labute approximate surface area is 242 Å². The number of halogens is 4. The summed E-state index contributed by atoms with van der Waals surface area (Å²) >= 11 is 24.9. The number of carbonyl (C=O) groups is 2. The second-order valence-electron chi connectivity index (χ2n) is 8.25. The van der Waals surface area contributed by atoms with Gasteiger partial charge in [0, 0.05) is 28.2 Å². The van der Waals surface area contributed by atoms with Crippen LogP contribution in [0.2, 0.25) is 20.1 Å². The fourth-order valence-electron chi connectivity index (χ4n) is 3.65. The van der Waals surface area contributed by atoms with Crippen LogP contribution in [0.3, 0.4) is 0 Å². The molecule has 0 heterocycles. The van der Waals surface area contributed by atoms with Gasteiger partial charge in [0.1, 0.15) is 12.6 Å². The molecule has 0 saturated carbocycles. The quantitative estimate of drug-likeness (QED) is 0.300. The minimum Gasteiger partial charge on any atom is -0.355 e. The van der Waals surface area contributed by atoms with Crippen molar-refractivity contribution in [3.8, 4) is 0 Å². The molecule has 12 heteroatoms. The van der Waals surface area contributed by atoms with E-state index in [1.54, 1.807) is 44.2 Å². The van der Waals surface area contributed by atoms with Crippen LogP contribution in [0.15, 0.2) is 71.6 Å². The molecule has 1 atom stereocenters. The van der Waals surface area contributed by atoms with Crippen LogP contribution in [0, 0.1) is 0 Å². The van der Waals surface area contributed by atoms with Crippen molar-refractivity contribution >= 4 is 73.9 Å². The van der Waals surface area contributed by atoms with E-state index >= 15 is 0 Å². The van der Waals surface area contributed by atoms with Crippen LogP contribution in [0.25, 0.3) is 0 Å². The summed E-state index contributed by atoms with van der Waals surface area (Å²) in [7, 11) is -4.27. The normalized spacial score (nSPS) is 12.1. The SMILES string of the molecule is CCNC(=O)C(C)N(Cc1ccc(Cl)cc1Cl)C(=O)CN(c1cc(Cl)ccc1Cl)S(=O)(=O)c1ccccc1. The van der Waals surface area contributed by atoms with Crippen molar-refractivity contribution < 1.29 is 18.0 Å². The summed E-state index contributed by atoms with van der Waals surface area (Å²) in [6.45, 7) is 2.92. The molecule has 0 aliphatic rings. The Morgan fingerprint density at radius 2 is 1.53 bits per heavy atom. The highest BCUT2D eigenvalue weighted by Crippen LogP contribution is 2.33. The summed E-state index contributed by atoms with van der Waals surface area (Å²) in [5.41, 5.74) is 0.547. The van der Waals surface area contributed by atoms with E-state index < -0.39 is 34.4 Å². The van der Waals surface area contributed by atoms with Crippen molar-refractivity contribution in [3.63, 3.8) is 0 Å². The molecule has 0 aliphatic carbocycles. The van der Waals surface area contributed by atoms with E-state index in [9.17, 15) is 18.0 Å². The maximum atomic E-state index is 13.8. The molecule has 1 unspecified atom stereocenters. The summed E-state index contributed by atoms with van der Waals surface area (Å²) in [6.07, 6.45) is 0. The Hall–Kier alpha value is -2.49. The predicted octanol–water partition coefficient (Wildman–Crippen LogP) is 6.05. The fraction of sp³-hybridized carbons (Fsp3) is 0.231. The smallest absolute Gasteiger partial charge is 0.264 e. The molecule has 0 fully saturated rings. The number of benzene rings is 3. The van der Waals surface area contributed by atoms with Crippen LogP contribution in [0.4, 0.5) is 5.69 Å². The first-order valence-corrected chi connectivity index (χ1v) is 14.4. The number of amides is 2. The number of sulfonamides is 1. The third kappa shape index (κ3) is 7.12. The van der Waals surface area contributed by atoms with Crippen LogP contribution in [-0.4, -0.2) is 44.3 Å². The molecule has 1 N–H and O–H groups in total. The van der Waals surface area contributed by atoms with Gasteiger partial charge in [-0.3, -0.25) is 13.9 Å². The first-order valence-electron chi connectivity index (χ1n) is 11.5. The predicted molar refractivity (Wildman–Crippen MR) is 153 cm³/mol. The van der Waals surface area contributed by atoms with Crippen LogP contribution in [0.5, 0.6) is 0 Å². The molecule has 0 spiro atoms. The van der Waals surface area contributed by atoms with Gasteiger partial charge in [-0.1, -0.05) is 70.7 Å². The van der Waals surface area contributed by atoms with Gasteiger partial charge >= 0.3 is 0 Å². The van der Waals surface area contributed by atoms with Crippen LogP contribution in [-0.2, 0) is 26.2 Å². The number of rotatable bonds is 10. The third-order valence-corrected chi connectivity index (χ3v) is 8.58. The molecular formula is C26H25Cl4N3O4S. The van der Waals surface area contributed by atoms with Gasteiger partial charge in [0.25, 0.3) is 10.0 Å². The number of nitrogens with zero attached hydrogens (tertiary/aromatic N) is 2. The Morgan fingerprint density at radius 1 is 0.895 bits per heavy atom. The van der Waals surface area contributed by atoms with Crippen LogP contribution in [0.1, 0.15) is 19.4 Å². The summed E-state index contributed by atoms with van der Waals surface area (Å²) < 4.78 is 28.4. The molecule has 0 aromatic heterocycles. The van der Waals surface area contributed by atoms with Crippen molar-refractivity contribution in [1.29, 1.82) is 0 Å². The standard InChI is InChI=1S/C26H25Cl4N3O4S/c1-3-31-26(35)17(2)32(15-18-9-10-19(27)13-23(18)30)25(34)16-33(24-14-20(28)11-12-22(24)29)38(36,37)21-7-5-4-6-8-21/h4-14,17H,3,15-16H2,1-2H3,(H,31,35). The second kappa shape index (κ2) is 13.0. The Bertz CT molecular complexity index is 1420. The average molecular weight is 617 g/mol. The van der Waals surface area contributed by atoms with E-state index in [0.717, 1.165) is 4.31 Å². The molecule has 0 bridgehead atoms. The molecule has 0 saturated heterocycles. The Balaban J connectivity index is 2.08. The first-order chi connectivity index (χ1) is 17.9. The molecule has 38 heavy (non-hydrogen) atoms. The molecule has 202 valence electrons. The zero-order valence-electron chi connectivity index (χ0n) is 20.5. The van der Waals surface area contributed by atoms with Crippen LogP contribution >= 0.6 is 46.4 Å². The monoisotopic (exact) mass is 615 g/mol. The number of carbonyl (C=O) groups excluding carboxylic acids is 2. The molecule has 3 aromatic carbocycles. The minimum absolute atomic E-state index is 0.0199. The topological polar surface area (TPSA) is 86.8 Å². The van der Waals surface area contributed by atoms with Crippen molar-refractivity contribution in [2.24, 2.45) is 0 Å². The maximum absolute atomic E-state index is 13.8. The maximum Gasteiger partial charge on any atom is 0.264 e. The molecule has 3 rings (SSSR count). The van der Waals surface area contributed by atoms with Gasteiger partial charge in [0.15, 0.2) is 0 Å². The van der Waals surface area contributed by atoms with Gasteiger partial charge in [-0.05, 0) is 61.9 Å². The van der Waals surface area contributed by atoms with E-state index in [0.29, 0.717) is 22.2 Å². The first kappa shape index (κ1) is 30.1. The van der Waals surface area contributed by atoms with Gasteiger partial charge < -0.3 is 10.2 Å². The molecule has 2 amide bonds. The van der Waals surface area contributed by atoms with E-state index in [4.69, 9.17) is 46.4 Å². The lowest BCUT2D eigenvalue weighted by Gasteiger charge is -2.32. The van der Waals surface area contributed by atoms with E-state index in [-0.39, 0.29) is 27.2 Å². The summed E-state index contributed by atoms with van der Waals surface area (Å²) in [5, 5.41) is 3.70. The summed E-state index contributed by atoms with van der Waals surface area (Å²) in [5.74, 6) is -1.07. The Morgan fingerprint density at radius 3 is 2.16 bits per heavy atom. The Kier molecular flexibility index (Phi) is 10.3. The van der Waals surface area contributed by atoms with Crippen molar-refractivity contribution in [2.75, 3.05) is 17.4 Å².